The van der Waals surface area contributed by atoms with Gasteiger partial charge in [0.1, 0.15) is 5.75 Å². The van der Waals surface area contributed by atoms with Crippen LogP contribution in [0.2, 0.25) is 0 Å². The summed E-state index contributed by atoms with van der Waals surface area (Å²) in [5, 5.41) is 12.6. The summed E-state index contributed by atoms with van der Waals surface area (Å²) < 4.78 is 0. The van der Waals surface area contributed by atoms with Gasteiger partial charge in [-0.25, -0.2) is 0 Å². The Hall–Kier alpha value is -1.35. The highest BCUT2D eigenvalue weighted by atomic mass is 16.3. The van der Waals surface area contributed by atoms with Crippen molar-refractivity contribution in [1.29, 1.82) is 0 Å². The van der Waals surface area contributed by atoms with Crippen molar-refractivity contribution in [2.24, 2.45) is 0 Å². The van der Waals surface area contributed by atoms with Crippen LogP contribution in [0, 0.1) is 0 Å². The highest BCUT2D eigenvalue weighted by Gasteiger charge is 2.14. The Morgan fingerprint density at radius 2 is 2.06 bits per heavy atom. The average molecular weight is 233 g/mol. The lowest BCUT2D eigenvalue weighted by Gasteiger charge is -2.22. The minimum Gasteiger partial charge on any atom is -0.508 e. The Kier molecular flexibility index (Phi) is 4.15. The van der Waals surface area contributed by atoms with E-state index < -0.39 is 0 Å². The van der Waals surface area contributed by atoms with Gasteiger partial charge in [-0.3, -0.25) is 4.79 Å². The van der Waals surface area contributed by atoms with Crippen LogP contribution in [0.4, 0.5) is 0 Å². The van der Waals surface area contributed by atoms with E-state index in [9.17, 15) is 9.90 Å². The lowest BCUT2D eigenvalue weighted by Crippen LogP contribution is -2.35. The lowest BCUT2D eigenvalue weighted by molar-refractivity contribution is 0.0984. The van der Waals surface area contributed by atoms with E-state index in [-0.39, 0.29) is 11.5 Å². The molecular weight excluding hydrogens is 214 g/mol. The zero-order chi connectivity index (χ0) is 12.1. The number of benzene rings is 1. The maximum Gasteiger partial charge on any atom is 0.176 e. The molecule has 1 aliphatic carbocycles. The van der Waals surface area contributed by atoms with Crippen molar-refractivity contribution >= 4 is 5.78 Å². The van der Waals surface area contributed by atoms with Crippen LogP contribution in [-0.4, -0.2) is 23.5 Å². The first-order valence-electron chi connectivity index (χ1n) is 6.31. The molecule has 0 aromatic heterocycles. The summed E-state index contributed by atoms with van der Waals surface area (Å²) in [7, 11) is 0. The zero-order valence-electron chi connectivity index (χ0n) is 9.98. The number of phenolic OH excluding ortho intramolecular Hbond substituents is 1. The minimum absolute atomic E-state index is 0.0477. The molecule has 0 aliphatic heterocycles. The largest absolute Gasteiger partial charge is 0.508 e. The fourth-order valence-electron chi connectivity index (χ4n) is 2.33. The molecule has 1 aromatic carbocycles. The Bertz CT molecular complexity index is 384. The van der Waals surface area contributed by atoms with E-state index in [1.165, 1.54) is 38.2 Å². The maximum atomic E-state index is 11.9. The van der Waals surface area contributed by atoms with Crippen molar-refractivity contribution in [3.63, 3.8) is 0 Å². The summed E-state index contributed by atoms with van der Waals surface area (Å²) in [6.45, 7) is 0.369. The number of Topliss-reactive ketones (excluding diaryl/α,β-unsaturated/α-hetero) is 1. The second-order valence-electron chi connectivity index (χ2n) is 4.69. The zero-order valence-corrected chi connectivity index (χ0v) is 9.98. The van der Waals surface area contributed by atoms with E-state index in [0.717, 1.165) is 0 Å². The third kappa shape index (κ3) is 3.56. The average Bonchev–Trinajstić information content (AvgIpc) is 2.37. The molecule has 3 nitrogen and oxygen atoms in total. The molecule has 0 saturated heterocycles. The normalized spacial score (nSPS) is 16.9. The number of aromatic hydroxyl groups is 1. The molecule has 92 valence electrons. The molecule has 0 heterocycles. The quantitative estimate of drug-likeness (QED) is 0.785. The number of rotatable bonds is 4. The van der Waals surface area contributed by atoms with E-state index in [1.54, 1.807) is 18.2 Å². The summed E-state index contributed by atoms with van der Waals surface area (Å²) >= 11 is 0. The molecule has 17 heavy (non-hydrogen) atoms. The van der Waals surface area contributed by atoms with Gasteiger partial charge in [0.15, 0.2) is 5.78 Å². The van der Waals surface area contributed by atoms with E-state index >= 15 is 0 Å². The van der Waals surface area contributed by atoms with Crippen molar-refractivity contribution in [3.8, 4) is 5.75 Å². The molecule has 0 radical (unpaired) electrons. The number of carbonyl (C=O) groups excluding carboxylic acids is 1. The van der Waals surface area contributed by atoms with Crippen LogP contribution < -0.4 is 5.32 Å². The van der Waals surface area contributed by atoms with Gasteiger partial charge in [-0.15, -0.1) is 0 Å². The van der Waals surface area contributed by atoms with Crippen LogP contribution in [0.3, 0.4) is 0 Å². The topological polar surface area (TPSA) is 49.3 Å². The number of carbonyl (C=O) groups is 1. The number of hydrogen-bond donors (Lipinski definition) is 2. The van der Waals surface area contributed by atoms with Crippen molar-refractivity contribution in [1.82, 2.24) is 5.32 Å². The summed E-state index contributed by atoms with van der Waals surface area (Å²) in [6, 6.07) is 7.02. The van der Waals surface area contributed by atoms with Gasteiger partial charge >= 0.3 is 0 Å². The van der Waals surface area contributed by atoms with Gasteiger partial charge in [0.25, 0.3) is 0 Å². The van der Waals surface area contributed by atoms with Crippen molar-refractivity contribution in [3.05, 3.63) is 29.8 Å². The van der Waals surface area contributed by atoms with Crippen LogP contribution >= 0.6 is 0 Å². The Labute approximate surface area is 102 Å². The molecule has 0 spiro atoms. The van der Waals surface area contributed by atoms with Crippen molar-refractivity contribution in [2.45, 2.75) is 38.1 Å². The molecule has 2 rings (SSSR count). The number of phenols is 1. The molecule has 0 atom stereocenters. The third-order valence-electron chi connectivity index (χ3n) is 3.32. The maximum absolute atomic E-state index is 11.9. The highest BCUT2D eigenvalue weighted by Crippen LogP contribution is 2.17. The van der Waals surface area contributed by atoms with Crippen LogP contribution in [0.25, 0.3) is 0 Å². The molecule has 1 saturated carbocycles. The summed E-state index contributed by atoms with van der Waals surface area (Å²) in [5.74, 6) is 0.194. The first kappa shape index (κ1) is 12.1. The molecule has 0 unspecified atom stereocenters. The molecule has 2 N–H and O–H groups in total. The predicted octanol–water partition coefficient (Wildman–Crippen LogP) is 2.50. The third-order valence-corrected chi connectivity index (χ3v) is 3.32. The van der Waals surface area contributed by atoms with Gasteiger partial charge < -0.3 is 10.4 Å². The van der Waals surface area contributed by atoms with Crippen LogP contribution in [-0.2, 0) is 0 Å². The Balaban J connectivity index is 1.84. The van der Waals surface area contributed by atoms with E-state index in [0.29, 0.717) is 18.2 Å². The van der Waals surface area contributed by atoms with E-state index in [4.69, 9.17) is 0 Å². The molecular formula is C14H19NO2. The number of nitrogens with one attached hydrogen (secondary N) is 1. The van der Waals surface area contributed by atoms with Crippen LogP contribution in [0.5, 0.6) is 5.75 Å². The molecule has 1 aliphatic rings. The van der Waals surface area contributed by atoms with Crippen LogP contribution in [0.15, 0.2) is 24.3 Å². The molecule has 1 aromatic rings. The van der Waals surface area contributed by atoms with Gasteiger partial charge in [-0.1, -0.05) is 31.4 Å². The highest BCUT2D eigenvalue weighted by molar-refractivity contribution is 5.97. The fraction of sp³-hybridized carbons (Fsp3) is 0.500. The summed E-state index contributed by atoms with van der Waals surface area (Å²) in [4.78, 5) is 11.9. The second-order valence-corrected chi connectivity index (χ2v) is 4.69. The SMILES string of the molecule is O=C(CNC1CCCCC1)c1cccc(O)c1. The van der Waals surface area contributed by atoms with Gasteiger partial charge in [0.05, 0.1) is 6.54 Å². The molecule has 0 amide bonds. The monoisotopic (exact) mass is 233 g/mol. The second kappa shape index (κ2) is 5.82. The number of ketones is 1. The molecule has 1 fully saturated rings. The Morgan fingerprint density at radius 3 is 2.76 bits per heavy atom. The summed E-state index contributed by atoms with van der Waals surface area (Å²) in [6.07, 6.45) is 6.19. The van der Waals surface area contributed by atoms with E-state index in [2.05, 4.69) is 5.32 Å². The van der Waals surface area contributed by atoms with Crippen molar-refractivity contribution < 1.29 is 9.90 Å². The minimum atomic E-state index is 0.0477. The predicted molar refractivity (Wildman–Crippen MR) is 67.3 cm³/mol. The standard InChI is InChI=1S/C14H19NO2/c16-13-8-4-5-11(9-13)14(17)10-15-12-6-2-1-3-7-12/h4-5,8-9,12,15-16H,1-3,6-7,10H2. The first-order chi connectivity index (χ1) is 8.25. The smallest absolute Gasteiger partial charge is 0.176 e. The molecule has 0 bridgehead atoms. The van der Waals surface area contributed by atoms with Gasteiger partial charge in [-0.05, 0) is 25.0 Å². The lowest BCUT2D eigenvalue weighted by atomic mass is 9.95. The molecule has 3 heteroatoms. The van der Waals surface area contributed by atoms with Crippen LogP contribution in [0.1, 0.15) is 42.5 Å². The Morgan fingerprint density at radius 1 is 1.29 bits per heavy atom. The first-order valence-corrected chi connectivity index (χ1v) is 6.31. The van der Waals surface area contributed by atoms with Crippen molar-refractivity contribution in [2.75, 3.05) is 6.54 Å². The summed E-state index contributed by atoms with van der Waals surface area (Å²) in [5.41, 5.74) is 0.577. The van der Waals surface area contributed by atoms with Gasteiger partial charge in [0, 0.05) is 11.6 Å². The number of hydrogen-bond acceptors (Lipinski definition) is 3. The van der Waals surface area contributed by atoms with Gasteiger partial charge in [0.2, 0.25) is 0 Å². The van der Waals surface area contributed by atoms with Gasteiger partial charge in [-0.2, -0.15) is 0 Å². The van der Waals surface area contributed by atoms with E-state index in [1.807, 2.05) is 0 Å². The fourth-order valence-corrected chi connectivity index (χ4v) is 2.33.